The van der Waals surface area contributed by atoms with Gasteiger partial charge in [-0.25, -0.2) is 8.78 Å². The molecule has 1 aromatic heterocycles. The summed E-state index contributed by atoms with van der Waals surface area (Å²) in [6.45, 7) is 0.454. The number of aromatic nitrogens is 2. The molecule has 3 atom stereocenters. The lowest BCUT2D eigenvalue weighted by Crippen LogP contribution is -2.51. The first-order valence-corrected chi connectivity index (χ1v) is 10.1. The fraction of sp³-hybridized carbons (Fsp3) is 0.261. The summed E-state index contributed by atoms with van der Waals surface area (Å²) in [6.07, 6.45) is 2.32. The zero-order valence-electron chi connectivity index (χ0n) is 16.4. The van der Waals surface area contributed by atoms with Gasteiger partial charge in [-0.1, -0.05) is 42.5 Å². The summed E-state index contributed by atoms with van der Waals surface area (Å²) in [5.74, 6) is -3.80. The van der Waals surface area contributed by atoms with Gasteiger partial charge in [0, 0.05) is 18.0 Å². The van der Waals surface area contributed by atoms with Crippen LogP contribution >= 0.6 is 0 Å². The third-order valence-electron chi connectivity index (χ3n) is 6.24. The van der Waals surface area contributed by atoms with Crippen LogP contribution in [-0.2, 0) is 0 Å². The van der Waals surface area contributed by atoms with Gasteiger partial charge in [0.25, 0.3) is 5.91 Å². The van der Waals surface area contributed by atoms with E-state index in [1.807, 2.05) is 18.2 Å². The van der Waals surface area contributed by atoms with Gasteiger partial charge >= 0.3 is 0 Å². The van der Waals surface area contributed by atoms with Gasteiger partial charge in [0.05, 0.1) is 18.3 Å². The summed E-state index contributed by atoms with van der Waals surface area (Å²) in [5.41, 5.74) is -0.134. The van der Waals surface area contributed by atoms with Crippen molar-refractivity contribution < 1.29 is 18.7 Å². The van der Waals surface area contributed by atoms with Gasteiger partial charge in [-0.15, -0.1) is 0 Å². The second-order valence-electron chi connectivity index (χ2n) is 7.88. The minimum atomic E-state index is -0.968. The Morgan fingerprint density at radius 3 is 2.61 bits per heavy atom. The van der Waals surface area contributed by atoms with Gasteiger partial charge in [-0.05, 0) is 24.5 Å². The number of halogens is 2. The van der Waals surface area contributed by atoms with Crippen molar-refractivity contribution >= 4 is 5.91 Å². The zero-order chi connectivity index (χ0) is 21.7. The molecule has 2 aliphatic rings. The van der Waals surface area contributed by atoms with Gasteiger partial charge in [-0.3, -0.25) is 14.3 Å². The highest BCUT2D eigenvalue weighted by atomic mass is 19.2. The quantitative estimate of drug-likeness (QED) is 0.702. The second kappa shape index (κ2) is 7.30. The molecule has 6 nitrogen and oxygen atoms in total. The Kier molecular flexibility index (Phi) is 4.57. The molecule has 0 saturated carbocycles. The molecular formula is C23H19F2N3O3. The third kappa shape index (κ3) is 2.93. The molecule has 1 amide bonds. The van der Waals surface area contributed by atoms with Crippen LogP contribution in [0.3, 0.4) is 0 Å². The highest BCUT2D eigenvalue weighted by molar-refractivity contribution is 5.96. The minimum absolute atomic E-state index is 0.128. The van der Waals surface area contributed by atoms with Gasteiger partial charge in [0.2, 0.25) is 5.43 Å². The number of fused-ring (bicyclic) bond motifs is 2. The molecule has 1 N–H and O–H groups in total. The van der Waals surface area contributed by atoms with E-state index in [9.17, 15) is 19.1 Å². The lowest BCUT2D eigenvalue weighted by atomic mass is 9.79. The minimum Gasteiger partial charge on any atom is -0.502 e. The maximum absolute atomic E-state index is 15.0. The number of aromatic hydroxyl groups is 1. The molecule has 0 spiro atoms. The van der Waals surface area contributed by atoms with Crippen LogP contribution in [0.25, 0.3) is 0 Å². The molecule has 3 aromatic rings. The first-order chi connectivity index (χ1) is 15.0. The van der Waals surface area contributed by atoms with Crippen LogP contribution < -0.4 is 5.43 Å². The van der Waals surface area contributed by atoms with Crippen LogP contribution in [0.5, 0.6) is 5.75 Å². The first kappa shape index (κ1) is 19.4. The van der Waals surface area contributed by atoms with Crippen LogP contribution in [0, 0.1) is 11.6 Å². The molecule has 5 rings (SSSR count). The maximum Gasteiger partial charge on any atom is 0.276 e. The number of amides is 1. The van der Waals surface area contributed by atoms with E-state index in [2.05, 4.69) is 5.10 Å². The van der Waals surface area contributed by atoms with E-state index in [0.717, 1.165) is 18.7 Å². The van der Waals surface area contributed by atoms with Gasteiger partial charge in [0.15, 0.2) is 23.1 Å². The van der Waals surface area contributed by atoms with E-state index in [1.54, 1.807) is 17.0 Å². The summed E-state index contributed by atoms with van der Waals surface area (Å²) in [5, 5.41) is 14.6. The highest BCUT2D eigenvalue weighted by Crippen LogP contribution is 2.46. The van der Waals surface area contributed by atoms with E-state index >= 15 is 4.39 Å². The molecule has 2 aliphatic heterocycles. The zero-order valence-corrected chi connectivity index (χ0v) is 16.4. The van der Waals surface area contributed by atoms with Crippen LogP contribution in [-0.4, -0.2) is 38.3 Å². The average molecular weight is 423 g/mol. The summed E-state index contributed by atoms with van der Waals surface area (Å²) in [7, 11) is 0. The molecule has 0 bridgehead atoms. The summed E-state index contributed by atoms with van der Waals surface area (Å²) >= 11 is 0. The lowest BCUT2D eigenvalue weighted by Gasteiger charge is -2.42. The SMILES string of the molecule is O=C1c2c(O)c(=O)cnn2[C@@H]([C@H](c2ccccc2)c2cccc(F)c2F)[C@H]2CCCN12. The topological polar surface area (TPSA) is 75.4 Å². The molecule has 2 aromatic carbocycles. The van der Waals surface area contributed by atoms with E-state index in [-0.39, 0.29) is 17.3 Å². The van der Waals surface area contributed by atoms with Gasteiger partial charge in [-0.2, -0.15) is 5.10 Å². The number of hydrogen-bond acceptors (Lipinski definition) is 4. The molecule has 3 heterocycles. The van der Waals surface area contributed by atoms with Crippen LogP contribution in [0.4, 0.5) is 8.78 Å². The fourth-order valence-corrected chi connectivity index (χ4v) is 4.93. The van der Waals surface area contributed by atoms with E-state index in [0.29, 0.717) is 18.5 Å². The molecule has 158 valence electrons. The van der Waals surface area contributed by atoms with Crippen LogP contribution in [0.15, 0.2) is 59.5 Å². The summed E-state index contributed by atoms with van der Waals surface area (Å²) in [4.78, 5) is 26.7. The molecule has 0 radical (unpaired) electrons. The average Bonchev–Trinajstić information content (AvgIpc) is 3.26. The first-order valence-electron chi connectivity index (χ1n) is 10.1. The van der Waals surface area contributed by atoms with E-state index in [4.69, 9.17) is 0 Å². The highest BCUT2D eigenvalue weighted by Gasteiger charge is 2.48. The predicted octanol–water partition coefficient (Wildman–Crippen LogP) is 3.22. The van der Waals surface area contributed by atoms with Crippen molar-refractivity contribution in [1.82, 2.24) is 14.7 Å². The van der Waals surface area contributed by atoms with E-state index < -0.39 is 40.7 Å². The number of nitrogens with zero attached hydrogens (tertiary/aromatic N) is 3. The second-order valence-corrected chi connectivity index (χ2v) is 7.88. The molecule has 8 heteroatoms. The Labute approximate surface area is 176 Å². The smallest absolute Gasteiger partial charge is 0.276 e. The Hall–Kier alpha value is -3.55. The molecular weight excluding hydrogens is 404 g/mol. The Morgan fingerprint density at radius 1 is 1.06 bits per heavy atom. The summed E-state index contributed by atoms with van der Waals surface area (Å²) in [6, 6.07) is 12.1. The number of benzene rings is 2. The third-order valence-corrected chi connectivity index (χ3v) is 6.24. The molecule has 1 fully saturated rings. The van der Waals surface area contributed by atoms with Crippen molar-refractivity contribution in [2.45, 2.75) is 30.8 Å². The van der Waals surface area contributed by atoms with Crippen molar-refractivity contribution in [1.29, 1.82) is 0 Å². The van der Waals surface area contributed by atoms with Crippen molar-refractivity contribution in [2.75, 3.05) is 6.54 Å². The molecule has 0 unspecified atom stereocenters. The number of carbonyl (C=O) groups is 1. The number of carbonyl (C=O) groups excluding carboxylic acids is 1. The number of hydrogen-bond donors (Lipinski definition) is 1. The van der Waals surface area contributed by atoms with Gasteiger partial charge in [0.1, 0.15) is 0 Å². The Morgan fingerprint density at radius 2 is 1.84 bits per heavy atom. The Balaban J connectivity index is 1.81. The largest absolute Gasteiger partial charge is 0.502 e. The van der Waals surface area contributed by atoms with Gasteiger partial charge < -0.3 is 10.0 Å². The predicted molar refractivity (Wildman–Crippen MR) is 108 cm³/mol. The normalized spacial score (nSPS) is 21.0. The van der Waals surface area contributed by atoms with Crippen LogP contribution in [0.2, 0.25) is 0 Å². The molecule has 31 heavy (non-hydrogen) atoms. The number of rotatable bonds is 3. The van der Waals surface area contributed by atoms with Crippen LogP contribution in [0.1, 0.15) is 46.4 Å². The summed E-state index contributed by atoms with van der Waals surface area (Å²) < 4.78 is 30.6. The van der Waals surface area contributed by atoms with Crippen molar-refractivity contribution in [3.05, 3.63) is 93.4 Å². The Bertz CT molecular complexity index is 1230. The monoisotopic (exact) mass is 423 g/mol. The van der Waals surface area contributed by atoms with Crippen molar-refractivity contribution in [3.63, 3.8) is 0 Å². The molecule has 0 aliphatic carbocycles. The van der Waals surface area contributed by atoms with Crippen molar-refractivity contribution in [3.8, 4) is 5.75 Å². The molecule has 1 saturated heterocycles. The standard InChI is InChI=1S/C23H19F2N3O3/c24-15-9-4-8-14(19(15)25)18(13-6-2-1-3-7-13)20-16-10-5-11-27(16)23(31)21-22(30)17(29)12-26-28(20)21/h1-4,6-9,12,16,18,20,30H,5,10-11H2/t16-,18-,20-/m1/s1. The fourth-order valence-electron chi connectivity index (χ4n) is 4.93. The van der Waals surface area contributed by atoms with E-state index in [1.165, 1.54) is 16.8 Å². The lowest BCUT2D eigenvalue weighted by molar-refractivity contribution is 0.0564. The maximum atomic E-state index is 15.0. The van der Waals surface area contributed by atoms with Crippen molar-refractivity contribution in [2.24, 2.45) is 0 Å².